The van der Waals surface area contributed by atoms with Crippen molar-refractivity contribution >= 4 is 23.2 Å². The average Bonchev–Trinajstić information content (AvgIpc) is 2.76. The Labute approximate surface area is 129 Å². The third-order valence-electron chi connectivity index (χ3n) is 3.94. The molecule has 0 aliphatic carbocycles. The van der Waals surface area contributed by atoms with Crippen LogP contribution in [0.25, 0.3) is 0 Å². The van der Waals surface area contributed by atoms with Crippen LogP contribution in [0, 0.1) is 13.8 Å². The molecule has 0 aromatic heterocycles. The number of carbonyl (C=O) groups excluding carboxylic acids is 1. The van der Waals surface area contributed by atoms with Crippen LogP contribution in [-0.2, 0) is 11.2 Å². The van der Waals surface area contributed by atoms with Gasteiger partial charge in [-0.15, -0.1) is 0 Å². The molecule has 4 heteroatoms. The molecule has 1 atom stereocenters. The topological polar surface area (TPSA) is 55.1 Å². The largest absolute Gasteiger partial charge is 0.325 e. The molecule has 1 aliphatic rings. The van der Waals surface area contributed by atoms with Gasteiger partial charge < -0.3 is 11.1 Å². The van der Waals surface area contributed by atoms with Crippen molar-refractivity contribution in [2.24, 2.45) is 5.73 Å². The first-order valence-corrected chi connectivity index (χ1v) is 7.28. The number of aryl methyl sites for hydroxylation is 2. The molecule has 21 heavy (non-hydrogen) atoms. The van der Waals surface area contributed by atoms with Crippen molar-refractivity contribution in [3.05, 3.63) is 63.2 Å². The quantitative estimate of drug-likeness (QED) is 0.892. The van der Waals surface area contributed by atoms with Gasteiger partial charge in [-0.2, -0.15) is 0 Å². The predicted octanol–water partition coefficient (Wildman–Crippen LogP) is 3.50. The summed E-state index contributed by atoms with van der Waals surface area (Å²) in [6, 6.07) is 9.65. The molecule has 0 bridgehead atoms. The number of benzene rings is 2. The lowest BCUT2D eigenvalue weighted by Gasteiger charge is -2.18. The molecule has 1 heterocycles. The summed E-state index contributed by atoms with van der Waals surface area (Å²) in [7, 11) is 0. The highest BCUT2D eigenvalue weighted by Gasteiger charge is 2.22. The van der Waals surface area contributed by atoms with Gasteiger partial charge in [-0.3, -0.25) is 4.79 Å². The van der Waals surface area contributed by atoms with Crippen molar-refractivity contribution in [1.29, 1.82) is 0 Å². The summed E-state index contributed by atoms with van der Waals surface area (Å²) in [4.78, 5) is 11.5. The summed E-state index contributed by atoms with van der Waals surface area (Å²) in [6.07, 6.45) is 0.388. The Bertz CT molecular complexity index is 740. The molecular formula is C17H17ClN2O. The van der Waals surface area contributed by atoms with Crippen LogP contribution in [0.1, 0.15) is 33.9 Å². The Morgan fingerprint density at radius 2 is 1.95 bits per heavy atom. The third-order valence-corrected chi connectivity index (χ3v) is 4.27. The van der Waals surface area contributed by atoms with Gasteiger partial charge in [-0.05, 0) is 48.2 Å². The molecule has 2 aromatic carbocycles. The highest BCUT2D eigenvalue weighted by molar-refractivity contribution is 6.32. The maximum absolute atomic E-state index is 11.5. The Morgan fingerprint density at radius 3 is 2.67 bits per heavy atom. The lowest BCUT2D eigenvalue weighted by Crippen LogP contribution is -2.14. The molecule has 0 fully saturated rings. The van der Waals surface area contributed by atoms with Gasteiger partial charge in [0.2, 0.25) is 5.91 Å². The molecular weight excluding hydrogens is 284 g/mol. The van der Waals surface area contributed by atoms with Crippen LogP contribution in [-0.4, -0.2) is 5.91 Å². The van der Waals surface area contributed by atoms with E-state index in [-0.39, 0.29) is 11.9 Å². The summed E-state index contributed by atoms with van der Waals surface area (Å²) in [5.41, 5.74) is 12.4. The van der Waals surface area contributed by atoms with Crippen molar-refractivity contribution in [1.82, 2.24) is 0 Å². The number of anilines is 1. The fraction of sp³-hybridized carbons (Fsp3) is 0.235. The second-order valence-corrected chi connectivity index (χ2v) is 6.00. The van der Waals surface area contributed by atoms with Gasteiger partial charge in [0, 0.05) is 10.7 Å². The first-order chi connectivity index (χ1) is 9.95. The van der Waals surface area contributed by atoms with Crippen LogP contribution in [0.3, 0.4) is 0 Å². The number of rotatable bonds is 2. The average molecular weight is 301 g/mol. The smallest absolute Gasteiger partial charge is 0.228 e. The normalized spacial score (nSPS) is 14.8. The highest BCUT2D eigenvalue weighted by atomic mass is 35.5. The molecule has 3 rings (SSSR count). The highest BCUT2D eigenvalue weighted by Crippen LogP contribution is 2.35. The van der Waals surface area contributed by atoms with E-state index >= 15 is 0 Å². The van der Waals surface area contributed by atoms with Crippen LogP contribution in [0.2, 0.25) is 5.02 Å². The van der Waals surface area contributed by atoms with E-state index in [1.165, 1.54) is 5.56 Å². The summed E-state index contributed by atoms with van der Waals surface area (Å²) >= 11 is 6.35. The van der Waals surface area contributed by atoms with Crippen LogP contribution < -0.4 is 11.1 Å². The third kappa shape index (κ3) is 2.55. The number of carbonyl (C=O) groups is 1. The first kappa shape index (κ1) is 14.1. The van der Waals surface area contributed by atoms with Crippen molar-refractivity contribution in [3.63, 3.8) is 0 Å². The van der Waals surface area contributed by atoms with E-state index in [2.05, 4.69) is 31.3 Å². The minimum absolute atomic E-state index is 0.00157. The molecule has 0 saturated heterocycles. The van der Waals surface area contributed by atoms with E-state index < -0.39 is 0 Å². The van der Waals surface area contributed by atoms with Crippen molar-refractivity contribution in [2.45, 2.75) is 26.3 Å². The van der Waals surface area contributed by atoms with Gasteiger partial charge in [-0.25, -0.2) is 0 Å². The molecule has 108 valence electrons. The van der Waals surface area contributed by atoms with Crippen LogP contribution in [0.4, 0.5) is 5.69 Å². The van der Waals surface area contributed by atoms with E-state index in [0.717, 1.165) is 27.9 Å². The molecule has 2 aromatic rings. The Balaban J connectivity index is 2.04. The summed E-state index contributed by atoms with van der Waals surface area (Å²) in [6.45, 7) is 4.11. The van der Waals surface area contributed by atoms with Crippen molar-refractivity contribution < 1.29 is 4.79 Å². The Hall–Kier alpha value is -1.84. The predicted molar refractivity (Wildman–Crippen MR) is 85.7 cm³/mol. The van der Waals surface area contributed by atoms with Gasteiger partial charge in [0.25, 0.3) is 0 Å². The van der Waals surface area contributed by atoms with Gasteiger partial charge in [0.1, 0.15) is 0 Å². The minimum atomic E-state index is -0.292. The maximum atomic E-state index is 11.5. The fourth-order valence-electron chi connectivity index (χ4n) is 2.85. The first-order valence-electron chi connectivity index (χ1n) is 6.90. The second kappa shape index (κ2) is 5.17. The zero-order chi connectivity index (χ0) is 15.1. The monoisotopic (exact) mass is 300 g/mol. The van der Waals surface area contributed by atoms with Gasteiger partial charge in [0.05, 0.1) is 12.5 Å². The van der Waals surface area contributed by atoms with Crippen LogP contribution >= 0.6 is 11.6 Å². The number of nitrogens with two attached hydrogens (primary N) is 1. The molecule has 3 nitrogen and oxygen atoms in total. The number of hydrogen-bond donors (Lipinski definition) is 2. The van der Waals surface area contributed by atoms with Crippen LogP contribution in [0.15, 0.2) is 30.3 Å². The number of fused-ring (bicyclic) bond motifs is 1. The molecule has 3 N–H and O–H groups in total. The molecule has 0 saturated carbocycles. The van der Waals surface area contributed by atoms with Crippen LogP contribution in [0.5, 0.6) is 0 Å². The zero-order valence-electron chi connectivity index (χ0n) is 12.0. The Kier molecular flexibility index (Phi) is 3.47. The molecule has 1 aliphatic heterocycles. The number of amides is 1. The lowest BCUT2D eigenvalue weighted by atomic mass is 9.93. The minimum Gasteiger partial charge on any atom is -0.325 e. The van der Waals surface area contributed by atoms with E-state index in [1.54, 1.807) is 6.07 Å². The summed E-state index contributed by atoms with van der Waals surface area (Å²) < 4.78 is 0. The van der Waals surface area contributed by atoms with Crippen molar-refractivity contribution in [2.75, 3.05) is 5.32 Å². The SMILES string of the molecule is Cc1ccc(C(N)c2cc3c(cc2Cl)NC(=O)C3)c(C)c1. The zero-order valence-corrected chi connectivity index (χ0v) is 12.8. The fourth-order valence-corrected chi connectivity index (χ4v) is 3.13. The number of halogens is 1. The molecule has 1 amide bonds. The Morgan fingerprint density at radius 1 is 1.19 bits per heavy atom. The second-order valence-electron chi connectivity index (χ2n) is 5.59. The maximum Gasteiger partial charge on any atom is 0.228 e. The van der Waals surface area contributed by atoms with Crippen molar-refractivity contribution in [3.8, 4) is 0 Å². The van der Waals surface area contributed by atoms with Gasteiger partial charge >= 0.3 is 0 Å². The molecule has 1 unspecified atom stereocenters. The van der Waals surface area contributed by atoms with Gasteiger partial charge in [-0.1, -0.05) is 35.4 Å². The van der Waals surface area contributed by atoms with E-state index in [0.29, 0.717) is 11.4 Å². The molecule has 0 spiro atoms. The lowest BCUT2D eigenvalue weighted by molar-refractivity contribution is -0.115. The van der Waals surface area contributed by atoms with E-state index in [4.69, 9.17) is 17.3 Å². The standard InChI is InChI=1S/C17H17ClN2O/c1-9-3-4-12(10(2)5-9)17(19)13-6-11-7-16(21)20-15(11)8-14(13)18/h3-6,8,17H,7,19H2,1-2H3,(H,20,21). The van der Waals surface area contributed by atoms with Gasteiger partial charge in [0.15, 0.2) is 0 Å². The summed E-state index contributed by atoms with van der Waals surface area (Å²) in [5.74, 6) is -0.00157. The summed E-state index contributed by atoms with van der Waals surface area (Å²) in [5, 5.41) is 3.39. The van der Waals surface area contributed by atoms with E-state index in [9.17, 15) is 4.79 Å². The molecule has 0 radical (unpaired) electrons. The number of hydrogen-bond acceptors (Lipinski definition) is 2. The number of nitrogens with one attached hydrogen (secondary N) is 1. The van der Waals surface area contributed by atoms with E-state index in [1.807, 2.05) is 12.1 Å².